The molecule has 0 saturated heterocycles. The quantitative estimate of drug-likeness (QED) is 0.466. The van der Waals surface area contributed by atoms with Gasteiger partial charge in [-0.25, -0.2) is 0 Å². The minimum absolute atomic E-state index is 0.294. The van der Waals surface area contributed by atoms with Crippen LogP contribution in [0.1, 0.15) is 12.5 Å². The molecule has 0 spiro atoms. The highest BCUT2D eigenvalue weighted by Gasteiger charge is 2.21. The lowest BCUT2D eigenvalue weighted by molar-refractivity contribution is -0.139. The van der Waals surface area contributed by atoms with E-state index in [1.54, 1.807) is 6.92 Å². The summed E-state index contributed by atoms with van der Waals surface area (Å²) < 4.78 is 6.82. The second kappa shape index (κ2) is 8.38. The van der Waals surface area contributed by atoms with E-state index in [-0.39, 0.29) is 11.2 Å². The van der Waals surface area contributed by atoms with Crippen LogP contribution in [0.2, 0.25) is 5.02 Å². The number of hydrogen-bond acceptors (Lipinski definition) is 5. The first kappa shape index (κ1) is 18.5. The fraction of sp³-hybridized carbons (Fsp3) is 0.211. The fourth-order valence-electron chi connectivity index (χ4n) is 2.47. The first-order valence-electron chi connectivity index (χ1n) is 8.06. The topological polar surface area (TPSA) is 57.0 Å². The van der Waals surface area contributed by atoms with Gasteiger partial charge in [0, 0.05) is 10.6 Å². The molecule has 1 atom stereocenters. The van der Waals surface area contributed by atoms with Crippen LogP contribution >= 0.6 is 23.4 Å². The smallest absolute Gasteiger partial charge is 0.318 e. The lowest BCUT2D eigenvalue weighted by Gasteiger charge is -2.12. The highest BCUT2D eigenvalue weighted by Crippen LogP contribution is 2.28. The molecule has 5 nitrogen and oxygen atoms in total. The number of benzene rings is 2. The van der Waals surface area contributed by atoms with E-state index in [2.05, 4.69) is 10.2 Å². The van der Waals surface area contributed by atoms with Gasteiger partial charge in [0.2, 0.25) is 0 Å². The Morgan fingerprint density at radius 1 is 1.15 bits per heavy atom. The Morgan fingerprint density at radius 2 is 1.85 bits per heavy atom. The van der Waals surface area contributed by atoms with Gasteiger partial charge >= 0.3 is 5.97 Å². The number of carbonyl (C=O) groups excluding carboxylic acids is 1. The highest BCUT2D eigenvalue weighted by atomic mass is 35.5. The largest absolute Gasteiger partial charge is 0.468 e. The Kier molecular flexibility index (Phi) is 5.96. The standard InChI is InChI=1S/C19H18ClN3O2S/c1-13(18(24)25-2)26-19-22-21-17(15-8-10-16(20)11-9-15)23(19)12-14-6-4-3-5-7-14/h3-11,13H,12H2,1-2H3. The molecule has 3 rings (SSSR count). The Labute approximate surface area is 161 Å². The Balaban J connectivity index is 1.98. The fourth-order valence-corrected chi connectivity index (χ4v) is 3.47. The van der Waals surface area contributed by atoms with Crippen molar-refractivity contribution in [3.63, 3.8) is 0 Å². The van der Waals surface area contributed by atoms with Gasteiger partial charge in [0.25, 0.3) is 0 Å². The van der Waals surface area contributed by atoms with E-state index in [0.717, 1.165) is 17.0 Å². The van der Waals surface area contributed by atoms with E-state index in [9.17, 15) is 4.79 Å². The summed E-state index contributed by atoms with van der Waals surface area (Å²) in [6, 6.07) is 17.5. The average molecular weight is 388 g/mol. The Morgan fingerprint density at radius 3 is 2.50 bits per heavy atom. The van der Waals surface area contributed by atoms with Crippen molar-refractivity contribution in [1.29, 1.82) is 0 Å². The van der Waals surface area contributed by atoms with Crippen molar-refractivity contribution < 1.29 is 9.53 Å². The number of halogens is 1. The molecule has 0 bridgehead atoms. The van der Waals surface area contributed by atoms with Gasteiger partial charge in [-0.05, 0) is 36.8 Å². The van der Waals surface area contributed by atoms with Crippen molar-refractivity contribution in [2.24, 2.45) is 0 Å². The predicted octanol–water partition coefficient (Wildman–Crippen LogP) is 4.30. The van der Waals surface area contributed by atoms with Crippen molar-refractivity contribution in [2.75, 3.05) is 7.11 Å². The average Bonchev–Trinajstić information content (AvgIpc) is 3.04. The third kappa shape index (κ3) is 4.26. The lowest BCUT2D eigenvalue weighted by atomic mass is 10.2. The number of esters is 1. The van der Waals surface area contributed by atoms with Crippen molar-refractivity contribution in [3.05, 3.63) is 65.2 Å². The number of rotatable bonds is 6. The normalized spacial score (nSPS) is 12.0. The zero-order chi connectivity index (χ0) is 18.5. The maximum Gasteiger partial charge on any atom is 0.318 e. The predicted molar refractivity (Wildman–Crippen MR) is 103 cm³/mol. The van der Waals surface area contributed by atoms with Gasteiger partial charge in [-0.15, -0.1) is 10.2 Å². The van der Waals surface area contributed by atoms with Crippen LogP contribution in [0, 0.1) is 0 Å². The monoisotopic (exact) mass is 387 g/mol. The van der Waals surface area contributed by atoms with E-state index >= 15 is 0 Å². The molecule has 1 unspecified atom stereocenters. The number of nitrogens with zero attached hydrogens (tertiary/aromatic N) is 3. The molecule has 0 fully saturated rings. The van der Waals surface area contributed by atoms with Crippen LogP contribution in [0.3, 0.4) is 0 Å². The van der Waals surface area contributed by atoms with Crippen LogP contribution < -0.4 is 0 Å². The summed E-state index contributed by atoms with van der Waals surface area (Å²) in [5, 5.41) is 9.60. The molecule has 26 heavy (non-hydrogen) atoms. The van der Waals surface area contributed by atoms with Gasteiger partial charge in [0.1, 0.15) is 5.25 Å². The molecule has 0 aliphatic rings. The summed E-state index contributed by atoms with van der Waals surface area (Å²) in [4.78, 5) is 11.8. The van der Waals surface area contributed by atoms with Crippen molar-refractivity contribution >= 4 is 29.3 Å². The summed E-state index contributed by atoms with van der Waals surface area (Å²) >= 11 is 7.32. The molecule has 1 heterocycles. The van der Waals surface area contributed by atoms with Gasteiger partial charge in [-0.3, -0.25) is 9.36 Å². The number of methoxy groups -OCH3 is 1. The van der Waals surface area contributed by atoms with Gasteiger partial charge < -0.3 is 4.74 Å². The molecule has 0 radical (unpaired) electrons. The molecule has 0 aliphatic carbocycles. The second-order valence-corrected chi connectivity index (χ2v) is 7.41. The van der Waals surface area contributed by atoms with Crippen LogP contribution in [0.15, 0.2) is 59.8 Å². The van der Waals surface area contributed by atoms with Gasteiger partial charge in [0.15, 0.2) is 11.0 Å². The third-order valence-corrected chi connectivity index (χ3v) is 5.13. The maximum atomic E-state index is 11.8. The molecule has 2 aromatic carbocycles. The first-order chi connectivity index (χ1) is 12.6. The van der Waals surface area contributed by atoms with Crippen LogP contribution in [0.4, 0.5) is 0 Å². The van der Waals surface area contributed by atoms with E-state index in [0.29, 0.717) is 16.7 Å². The van der Waals surface area contributed by atoms with E-state index in [1.165, 1.54) is 18.9 Å². The molecule has 1 aromatic heterocycles. The van der Waals surface area contributed by atoms with Gasteiger partial charge in [0.05, 0.1) is 13.7 Å². The number of aromatic nitrogens is 3. The molecule has 0 N–H and O–H groups in total. The van der Waals surface area contributed by atoms with Crippen LogP contribution in [0.25, 0.3) is 11.4 Å². The van der Waals surface area contributed by atoms with Crippen molar-refractivity contribution in [1.82, 2.24) is 14.8 Å². The van der Waals surface area contributed by atoms with Crippen LogP contribution in [-0.4, -0.2) is 33.1 Å². The number of carbonyl (C=O) groups is 1. The van der Waals surface area contributed by atoms with Crippen LogP contribution in [-0.2, 0) is 16.1 Å². The molecule has 134 valence electrons. The summed E-state index contributed by atoms with van der Waals surface area (Å²) in [7, 11) is 1.38. The van der Waals surface area contributed by atoms with Gasteiger partial charge in [-0.2, -0.15) is 0 Å². The van der Waals surface area contributed by atoms with Crippen LogP contribution in [0.5, 0.6) is 0 Å². The first-order valence-corrected chi connectivity index (χ1v) is 9.32. The molecule has 0 saturated carbocycles. The van der Waals surface area contributed by atoms with E-state index in [1.807, 2.05) is 59.2 Å². The Bertz CT molecular complexity index is 882. The van der Waals surface area contributed by atoms with Gasteiger partial charge in [-0.1, -0.05) is 53.7 Å². The minimum atomic E-state index is -0.378. The molecule has 0 amide bonds. The molecule has 0 aliphatic heterocycles. The van der Waals surface area contributed by atoms with Crippen molar-refractivity contribution in [2.45, 2.75) is 23.9 Å². The van der Waals surface area contributed by atoms with E-state index in [4.69, 9.17) is 16.3 Å². The molecule has 7 heteroatoms. The molecular weight excluding hydrogens is 370 g/mol. The Hall–Kier alpha value is -2.31. The van der Waals surface area contributed by atoms with E-state index < -0.39 is 0 Å². The number of hydrogen-bond donors (Lipinski definition) is 0. The maximum absolute atomic E-state index is 11.8. The minimum Gasteiger partial charge on any atom is -0.468 e. The SMILES string of the molecule is COC(=O)C(C)Sc1nnc(-c2ccc(Cl)cc2)n1Cc1ccccc1. The molecule has 3 aromatic rings. The summed E-state index contributed by atoms with van der Waals surface area (Å²) in [6.45, 7) is 2.39. The zero-order valence-electron chi connectivity index (χ0n) is 14.4. The summed E-state index contributed by atoms with van der Waals surface area (Å²) in [5.41, 5.74) is 2.03. The number of thioether (sulfide) groups is 1. The number of ether oxygens (including phenoxy) is 1. The third-order valence-electron chi connectivity index (χ3n) is 3.82. The van der Waals surface area contributed by atoms with Crippen molar-refractivity contribution in [3.8, 4) is 11.4 Å². The summed E-state index contributed by atoms with van der Waals surface area (Å²) in [5.74, 6) is 0.433. The lowest BCUT2D eigenvalue weighted by Crippen LogP contribution is -2.16. The second-order valence-electron chi connectivity index (χ2n) is 5.67. The summed E-state index contributed by atoms with van der Waals surface area (Å²) in [6.07, 6.45) is 0. The highest BCUT2D eigenvalue weighted by molar-refractivity contribution is 8.00. The molecular formula is C19H18ClN3O2S. The zero-order valence-corrected chi connectivity index (χ0v) is 16.0.